The van der Waals surface area contributed by atoms with Crippen molar-refractivity contribution in [2.24, 2.45) is 0 Å². The molecule has 0 aromatic heterocycles. The molecule has 0 saturated heterocycles. The predicted octanol–water partition coefficient (Wildman–Crippen LogP) is 2.74. The second-order valence-corrected chi connectivity index (χ2v) is 2.12. The number of rotatable bonds is 0. The third-order valence-corrected chi connectivity index (χ3v) is 1.32. The lowest BCUT2D eigenvalue weighted by molar-refractivity contribution is 0.571. The van der Waals surface area contributed by atoms with Gasteiger partial charge in [-0.1, -0.05) is 30.3 Å². The summed E-state index contributed by atoms with van der Waals surface area (Å²) >= 11 is 5.40. The van der Waals surface area contributed by atoms with Gasteiger partial charge in [0.05, 0.1) is 5.03 Å². The Morgan fingerprint density at radius 2 is 2.22 bits per heavy atom. The van der Waals surface area contributed by atoms with Gasteiger partial charge in [0.2, 0.25) is 6.17 Å². The van der Waals surface area contributed by atoms with Gasteiger partial charge in [0, 0.05) is 0 Å². The number of halogens is 2. The Morgan fingerprint density at radius 1 is 1.56 bits per heavy atom. The van der Waals surface area contributed by atoms with Crippen LogP contribution in [0.4, 0.5) is 4.39 Å². The Kier molecular flexibility index (Phi) is 1.72. The molecule has 0 N–H and O–H groups in total. The second-order valence-electron chi connectivity index (χ2n) is 1.71. The average molecular weight is 144 g/mol. The Balaban J connectivity index is 2.86. The van der Waals surface area contributed by atoms with Gasteiger partial charge in [-0.05, 0) is 11.6 Å². The van der Waals surface area contributed by atoms with Crippen molar-refractivity contribution in [3.63, 3.8) is 0 Å². The van der Waals surface area contributed by atoms with Crippen LogP contribution in [0.2, 0.25) is 0 Å². The number of allylic oxidation sites excluding steroid dienone is 5. The van der Waals surface area contributed by atoms with Crippen molar-refractivity contribution in [1.82, 2.24) is 0 Å². The van der Waals surface area contributed by atoms with Crippen molar-refractivity contribution in [2.75, 3.05) is 0 Å². The molecule has 0 heterocycles. The lowest BCUT2D eigenvalue weighted by Gasteiger charge is -2.07. The fraction of sp³-hybridized carbons (Fsp3) is 0. The third-order valence-electron chi connectivity index (χ3n) is 1.03. The zero-order valence-corrected chi connectivity index (χ0v) is 5.45. The van der Waals surface area contributed by atoms with E-state index in [9.17, 15) is 4.39 Å². The summed E-state index contributed by atoms with van der Waals surface area (Å²) in [5.41, 5.74) is 0.336. The standard InChI is InChI=1S/C7H5ClF/c1-5-3-2-4-6(8)7(5)9/h2-4H,1H2. The summed E-state index contributed by atoms with van der Waals surface area (Å²) < 4.78 is 12.5. The van der Waals surface area contributed by atoms with E-state index < -0.39 is 6.17 Å². The van der Waals surface area contributed by atoms with Gasteiger partial charge in [-0.15, -0.1) is 0 Å². The highest BCUT2D eigenvalue weighted by Crippen LogP contribution is 2.29. The quantitative estimate of drug-likeness (QED) is 0.489. The summed E-state index contributed by atoms with van der Waals surface area (Å²) in [7, 11) is 0. The summed E-state index contributed by atoms with van der Waals surface area (Å²) in [5, 5.41) is 0.127. The zero-order valence-electron chi connectivity index (χ0n) is 4.70. The highest BCUT2D eigenvalue weighted by Gasteiger charge is 2.16. The van der Waals surface area contributed by atoms with Crippen molar-refractivity contribution < 1.29 is 4.39 Å². The van der Waals surface area contributed by atoms with Crippen LogP contribution in [0.5, 0.6) is 0 Å². The smallest absolute Gasteiger partial charge is 0.213 e. The topological polar surface area (TPSA) is 0 Å². The van der Waals surface area contributed by atoms with Gasteiger partial charge >= 0.3 is 0 Å². The largest absolute Gasteiger partial charge is 0.228 e. The summed E-state index contributed by atoms with van der Waals surface area (Å²) in [4.78, 5) is 0. The molecule has 0 atom stereocenters. The van der Waals surface area contributed by atoms with Crippen molar-refractivity contribution in [2.45, 2.75) is 0 Å². The monoisotopic (exact) mass is 143 g/mol. The molecule has 0 nitrogen and oxygen atoms in total. The molecular formula is C7H5ClF. The van der Waals surface area contributed by atoms with Crippen LogP contribution in [-0.4, -0.2) is 0 Å². The lowest BCUT2D eigenvalue weighted by atomic mass is 10.1. The summed E-state index contributed by atoms with van der Waals surface area (Å²) in [6.45, 7) is 3.42. The van der Waals surface area contributed by atoms with E-state index in [4.69, 9.17) is 11.6 Å². The zero-order chi connectivity index (χ0) is 6.85. The van der Waals surface area contributed by atoms with E-state index in [1.807, 2.05) is 0 Å². The highest BCUT2D eigenvalue weighted by atomic mass is 35.5. The number of hydrogen-bond acceptors (Lipinski definition) is 0. The van der Waals surface area contributed by atoms with Crippen LogP contribution < -0.4 is 0 Å². The van der Waals surface area contributed by atoms with Gasteiger partial charge in [-0.2, -0.15) is 0 Å². The maximum absolute atomic E-state index is 12.5. The lowest BCUT2D eigenvalue weighted by Crippen LogP contribution is -1.94. The molecule has 0 aliphatic heterocycles. The second kappa shape index (κ2) is 2.36. The first-order chi connectivity index (χ1) is 4.22. The number of hydrogen-bond donors (Lipinski definition) is 0. The SMILES string of the molecule is C=C1C=CC=C(Cl)[C]1F. The van der Waals surface area contributed by atoms with Gasteiger partial charge in [-0.3, -0.25) is 0 Å². The Hall–Kier alpha value is -0.560. The Morgan fingerprint density at radius 3 is 2.67 bits per heavy atom. The van der Waals surface area contributed by atoms with E-state index in [2.05, 4.69) is 6.58 Å². The van der Waals surface area contributed by atoms with E-state index in [-0.39, 0.29) is 5.03 Å². The molecule has 47 valence electrons. The fourth-order valence-corrected chi connectivity index (χ4v) is 0.743. The first-order valence-electron chi connectivity index (χ1n) is 2.48. The van der Waals surface area contributed by atoms with Crippen LogP contribution in [0.1, 0.15) is 0 Å². The first kappa shape index (κ1) is 6.56. The van der Waals surface area contributed by atoms with Crippen LogP contribution in [0.25, 0.3) is 0 Å². The highest BCUT2D eigenvalue weighted by molar-refractivity contribution is 6.31. The summed E-state index contributed by atoms with van der Waals surface area (Å²) in [6, 6.07) is 0. The molecule has 0 bridgehead atoms. The molecule has 1 aliphatic carbocycles. The Bertz CT molecular complexity index is 191. The van der Waals surface area contributed by atoms with Crippen LogP contribution >= 0.6 is 11.6 Å². The van der Waals surface area contributed by atoms with Gasteiger partial charge in [-0.25, -0.2) is 4.39 Å². The average Bonchev–Trinajstić information content (AvgIpc) is 1.83. The maximum atomic E-state index is 12.5. The Labute approximate surface area is 58.3 Å². The fourth-order valence-electron chi connectivity index (χ4n) is 0.548. The molecule has 0 spiro atoms. The van der Waals surface area contributed by atoms with Crippen molar-refractivity contribution >= 4 is 11.6 Å². The minimum atomic E-state index is -0.431. The molecule has 0 fully saturated rings. The molecule has 0 aromatic rings. The summed E-state index contributed by atoms with van der Waals surface area (Å²) in [6.07, 6.45) is 4.29. The first-order valence-corrected chi connectivity index (χ1v) is 2.85. The minimum absolute atomic E-state index is 0.127. The molecule has 0 saturated carbocycles. The van der Waals surface area contributed by atoms with Gasteiger partial charge in [0.1, 0.15) is 0 Å². The normalized spacial score (nSPS) is 20.2. The van der Waals surface area contributed by atoms with Crippen LogP contribution in [0.15, 0.2) is 35.4 Å². The molecule has 2 heteroatoms. The minimum Gasteiger partial charge on any atom is -0.228 e. The predicted molar refractivity (Wildman–Crippen MR) is 36.6 cm³/mol. The van der Waals surface area contributed by atoms with Gasteiger partial charge in [0.25, 0.3) is 0 Å². The molecule has 1 aliphatic rings. The third kappa shape index (κ3) is 1.22. The van der Waals surface area contributed by atoms with Gasteiger partial charge < -0.3 is 0 Å². The van der Waals surface area contributed by atoms with E-state index in [0.29, 0.717) is 5.57 Å². The molecular weight excluding hydrogens is 139 g/mol. The van der Waals surface area contributed by atoms with Crippen molar-refractivity contribution in [3.8, 4) is 0 Å². The van der Waals surface area contributed by atoms with Crippen LogP contribution in [-0.2, 0) is 0 Å². The van der Waals surface area contributed by atoms with Crippen LogP contribution in [0, 0.1) is 6.17 Å². The van der Waals surface area contributed by atoms with Crippen molar-refractivity contribution in [3.05, 3.63) is 41.6 Å². The van der Waals surface area contributed by atoms with E-state index in [1.54, 1.807) is 12.2 Å². The molecule has 1 radical (unpaired) electrons. The maximum Gasteiger partial charge on any atom is 0.213 e. The molecule has 1 rings (SSSR count). The molecule has 0 unspecified atom stereocenters. The molecule has 9 heavy (non-hydrogen) atoms. The summed E-state index contributed by atoms with van der Waals surface area (Å²) in [5.74, 6) is 0. The van der Waals surface area contributed by atoms with Crippen LogP contribution in [0.3, 0.4) is 0 Å². The molecule has 0 aromatic carbocycles. The van der Waals surface area contributed by atoms with E-state index in [1.165, 1.54) is 6.08 Å². The van der Waals surface area contributed by atoms with E-state index >= 15 is 0 Å². The van der Waals surface area contributed by atoms with E-state index in [0.717, 1.165) is 0 Å². The molecule has 0 amide bonds. The van der Waals surface area contributed by atoms with Gasteiger partial charge in [0.15, 0.2) is 0 Å². The van der Waals surface area contributed by atoms with Crippen molar-refractivity contribution in [1.29, 1.82) is 0 Å².